The van der Waals surface area contributed by atoms with E-state index >= 15 is 0 Å². The minimum Gasteiger partial charge on any atom is -0.304 e. The van der Waals surface area contributed by atoms with Crippen LogP contribution < -0.4 is 0 Å². The van der Waals surface area contributed by atoms with Gasteiger partial charge in [-0.3, -0.25) is 0 Å². The Hall–Kier alpha value is -2.98. The van der Waals surface area contributed by atoms with E-state index in [0.29, 0.717) is 5.82 Å². The molecule has 2 aromatic heterocycles. The Balaban J connectivity index is 0.00000304. The third-order valence-electron chi connectivity index (χ3n) is 5.93. The minimum absolute atomic E-state index is 0. The molecule has 2 heterocycles. The van der Waals surface area contributed by atoms with E-state index < -0.39 is 0 Å². The summed E-state index contributed by atoms with van der Waals surface area (Å²) in [5.41, 5.74) is 11.8. The van der Waals surface area contributed by atoms with Gasteiger partial charge in [-0.05, 0) is 50.6 Å². The van der Waals surface area contributed by atoms with E-state index in [1.54, 1.807) is 0 Å². The Bertz CT molecular complexity index is 1500. The molecule has 0 bridgehead atoms. The normalized spacial score (nSPS) is 10.7. The molecule has 5 heteroatoms. The van der Waals surface area contributed by atoms with Crippen LogP contribution >= 0.6 is 15.9 Å². The van der Waals surface area contributed by atoms with Crippen molar-refractivity contribution in [3.8, 4) is 44.9 Å². The SMILES string of the molecule is Cc1cc(C)cc(-c2ccccc2-c2c[c-]c(-c3ccc(-c4nc(C)cc(C)n4)cn3)cc2Br)c1.[Ir]. The van der Waals surface area contributed by atoms with E-state index in [4.69, 9.17) is 0 Å². The van der Waals surface area contributed by atoms with E-state index in [9.17, 15) is 0 Å². The van der Waals surface area contributed by atoms with E-state index in [1.807, 2.05) is 44.3 Å². The predicted octanol–water partition coefficient (Wildman–Crippen LogP) is 8.33. The molecule has 0 fully saturated rings. The molecule has 3 nitrogen and oxygen atoms in total. The van der Waals surface area contributed by atoms with Crippen molar-refractivity contribution in [3.05, 3.63) is 112 Å². The third-order valence-corrected chi connectivity index (χ3v) is 6.59. The summed E-state index contributed by atoms with van der Waals surface area (Å²) in [6.45, 7) is 8.24. The molecule has 0 unspecified atom stereocenters. The first kappa shape index (κ1) is 26.1. The molecule has 0 atom stereocenters. The van der Waals surface area contributed by atoms with Crippen molar-refractivity contribution >= 4 is 15.9 Å². The summed E-state index contributed by atoms with van der Waals surface area (Å²) in [5, 5.41) is 0. The largest absolute Gasteiger partial charge is 0.304 e. The summed E-state index contributed by atoms with van der Waals surface area (Å²) in [7, 11) is 0. The van der Waals surface area contributed by atoms with Crippen LogP contribution in [0.5, 0.6) is 0 Å². The number of aryl methyl sites for hydroxylation is 4. The van der Waals surface area contributed by atoms with Crippen molar-refractivity contribution in [2.75, 3.05) is 0 Å². The van der Waals surface area contributed by atoms with Gasteiger partial charge in [0.05, 0.1) is 0 Å². The maximum atomic E-state index is 4.68. The maximum Gasteiger partial charge on any atom is 0.161 e. The fraction of sp³-hybridized carbons (Fsp3) is 0.129. The topological polar surface area (TPSA) is 38.7 Å². The van der Waals surface area contributed by atoms with E-state index in [0.717, 1.165) is 38.2 Å². The molecule has 0 aliphatic rings. The van der Waals surface area contributed by atoms with Crippen LogP contribution in [0.15, 0.2) is 83.5 Å². The van der Waals surface area contributed by atoms with Gasteiger partial charge in [0.25, 0.3) is 0 Å². The summed E-state index contributed by atoms with van der Waals surface area (Å²) in [6, 6.07) is 28.8. The zero-order valence-corrected chi connectivity index (χ0v) is 24.5. The molecule has 5 aromatic rings. The van der Waals surface area contributed by atoms with Gasteiger partial charge in [0, 0.05) is 43.3 Å². The minimum atomic E-state index is 0. The van der Waals surface area contributed by atoms with Gasteiger partial charge in [-0.2, -0.15) is 0 Å². The van der Waals surface area contributed by atoms with Gasteiger partial charge in [0.15, 0.2) is 5.82 Å². The molecule has 0 saturated heterocycles. The molecule has 0 amide bonds. The number of pyridine rings is 1. The average molecular weight is 712 g/mol. The molecule has 3 aromatic carbocycles. The van der Waals surface area contributed by atoms with Crippen LogP contribution in [0.3, 0.4) is 0 Å². The van der Waals surface area contributed by atoms with E-state index in [1.165, 1.54) is 27.8 Å². The van der Waals surface area contributed by atoms with Gasteiger partial charge in [-0.25, -0.2) is 9.97 Å². The number of aromatic nitrogens is 3. The van der Waals surface area contributed by atoms with Crippen molar-refractivity contribution < 1.29 is 20.1 Å². The van der Waals surface area contributed by atoms with Crippen molar-refractivity contribution in [1.29, 1.82) is 0 Å². The number of hydrogen-bond donors (Lipinski definition) is 0. The van der Waals surface area contributed by atoms with Gasteiger partial charge in [0.2, 0.25) is 0 Å². The molecule has 181 valence electrons. The molecule has 5 rings (SSSR count). The molecule has 0 saturated carbocycles. The second-order valence-electron chi connectivity index (χ2n) is 8.94. The van der Waals surface area contributed by atoms with E-state index in [2.05, 4.69) is 99.3 Å². The third kappa shape index (κ3) is 5.54. The first-order valence-corrected chi connectivity index (χ1v) is 12.3. The molecule has 0 aliphatic carbocycles. The summed E-state index contributed by atoms with van der Waals surface area (Å²) in [6.07, 6.45) is 1.83. The quantitative estimate of drug-likeness (QED) is 0.176. The van der Waals surface area contributed by atoms with Crippen molar-refractivity contribution in [2.45, 2.75) is 27.7 Å². The molecule has 1 radical (unpaired) electrons. The number of nitrogens with zero attached hydrogens (tertiary/aromatic N) is 3. The van der Waals surface area contributed by atoms with Crippen molar-refractivity contribution in [3.63, 3.8) is 0 Å². The number of hydrogen-bond acceptors (Lipinski definition) is 3. The second kappa shape index (κ2) is 11.0. The summed E-state index contributed by atoms with van der Waals surface area (Å²) < 4.78 is 1.01. The van der Waals surface area contributed by atoms with Gasteiger partial charge in [0.1, 0.15) is 0 Å². The Morgan fingerprint density at radius 1 is 0.694 bits per heavy atom. The molecular weight excluding hydrogens is 686 g/mol. The summed E-state index contributed by atoms with van der Waals surface area (Å²) in [5.74, 6) is 0.699. The van der Waals surface area contributed by atoms with Gasteiger partial charge >= 0.3 is 0 Å². The second-order valence-corrected chi connectivity index (χ2v) is 9.79. The van der Waals surface area contributed by atoms with Crippen molar-refractivity contribution in [2.24, 2.45) is 0 Å². The summed E-state index contributed by atoms with van der Waals surface area (Å²) in [4.78, 5) is 13.8. The van der Waals surface area contributed by atoms with Crippen LogP contribution in [-0.4, -0.2) is 15.0 Å². The van der Waals surface area contributed by atoms with Crippen LogP contribution in [0.25, 0.3) is 44.9 Å². The fourth-order valence-corrected chi connectivity index (χ4v) is 5.02. The van der Waals surface area contributed by atoms with Crippen LogP contribution in [0.2, 0.25) is 0 Å². The van der Waals surface area contributed by atoms with Crippen LogP contribution in [0, 0.1) is 33.8 Å². The standard InChI is InChI=1S/C31H25BrN3.Ir/c1-19-13-20(2)15-25(14-19)26-7-5-6-8-27(26)28-11-9-23(17-29(28)32)30-12-10-24(18-33-30)31-34-21(3)16-22(4)35-31;/h5-8,10-18H,1-4H3;/q-1;. The predicted molar refractivity (Wildman–Crippen MR) is 147 cm³/mol. The van der Waals surface area contributed by atoms with Crippen molar-refractivity contribution in [1.82, 2.24) is 15.0 Å². The van der Waals surface area contributed by atoms with Gasteiger partial charge in [-0.15, -0.1) is 23.8 Å². The Morgan fingerprint density at radius 2 is 1.36 bits per heavy atom. The fourth-order valence-electron chi connectivity index (χ4n) is 4.46. The van der Waals surface area contributed by atoms with E-state index in [-0.39, 0.29) is 20.1 Å². The smallest absolute Gasteiger partial charge is 0.161 e. The molecule has 36 heavy (non-hydrogen) atoms. The molecule has 0 spiro atoms. The van der Waals surface area contributed by atoms with Crippen LogP contribution in [0.4, 0.5) is 0 Å². The van der Waals surface area contributed by atoms with Gasteiger partial charge < -0.3 is 4.98 Å². The molecule has 0 aliphatic heterocycles. The van der Waals surface area contributed by atoms with Crippen LogP contribution in [-0.2, 0) is 20.1 Å². The Morgan fingerprint density at radius 3 is 1.97 bits per heavy atom. The van der Waals surface area contributed by atoms with Gasteiger partial charge in [-0.1, -0.05) is 97.3 Å². The average Bonchev–Trinajstić information content (AvgIpc) is 2.83. The number of rotatable bonds is 4. The first-order valence-electron chi connectivity index (χ1n) is 11.6. The molecular formula is C31H25BrIrN3-. The first-order chi connectivity index (χ1) is 16.9. The monoisotopic (exact) mass is 711 g/mol. The number of halogens is 1. The molecule has 0 N–H and O–H groups in total. The maximum absolute atomic E-state index is 4.68. The Kier molecular flexibility index (Phi) is 7.94. The zero-order chi connectivity index (χ0) is 24.5. The Labute approximate surface area is 234 Å². The zero-order valence-electron chi connectivity index (χ0n) is 20.6. The number of benzene rings is 3. The van der Waals surface area contributed by atoms with Crippen LogP contribution in [0.1, 0.15) is 22.5 Å². The summed E-state index contributed by atoms with van der Waals surface area (Å²) >= 11 is 3.82.